The molecule has 0 N–H and O–H groups in total. The van der Waals surface area contributed by atoms with E-state index < -0.39 is 0 Å². The maximum Gasteiger partial charge on any atom is 0.00433 e. The third-order valence-corrected chi connectivity index (χ3v) is 5.07. The van der Waals surface area contributed by atoms with Gasteiger partial charge in [0.1, 0.15) is 0 Å². The first kappa shape index (κ1) is 40.0. The molecule has 0 aliphatic carbocycles. The van der Waals surface area contributed by atoms with Gasteiger partial charge < -0.3 is 0 Å². The average Bonchev–Trinajstić information content (AvgIpc) is 3.42. The van der Waals surface area contributed by atoms with Crippen LogP contribution in [0.3, 0.4) is 0 Å². The standard InChI is InChI=1S/C7H8.2C6H8S.5C2H6/c1-7-5-3-2-4-6-7;2*1-5-3-4-7-6(5)2;5*1-2/h2-6H,1H3;2*3-4H,1-2H3;5*1-2H3. The number of benzene rings is 1. The van der Waals surface area contributed by atoms with Gasteiger partial charge >= 0.3 is 0 Å². The molecule has 1 aromatic carbocycles. The van der Waals surface area contributed by atoms with Crippen molar-refractivity contribution >= 4 is 22.7 Å². The molecule has 0 aliphatic heterocycles. The lowest BCUT2D eigenvalue weighted by atomic mass is 10.2. The summed E-state index contributed by atoms with van der Waals surface area (Å²) in [5.74, 6) is 0. The predicted octanol–water partition coefficient (Wildman–Crippen LogP) is 11.9. The van der Waals surface area contributed by atoms with Crippen LogP contribution in [-0.2, 0) is 0 Å². The zero-order chi connectivity index (χ0) is 25.7. The van der Waals surface area contributed by atoms with E-state index in [0.717, 1.165) is 0 Å². The first-order valence-electron chi connectivity index (χ1n) is 12.0. The summed E-state index contributed by atoms with van der Waals surface area (Å²) in [5.41, 5.74) is 4.14. The predicted molar refractivity (Wildman–Crippen MR) is 156 cm³/mol. The van der Waals surface area contributed by atoms with Crippen LogP contribution in [0.25, 0.3) is 0 Å². The fraction of sp³-hybridized carbons (Fsp3) is 0.517. The van der Waals surface area contributed by atoms with Crippen LogP contribution in [0.15, 0.2) is 53.2 Å². The quantitative estimate of drug-likeness (QED) is 0.309. The van der Waals surface area contributed by atoms with E-state index in [0.29, 0.717) is 0 Å². The van der Waals surface area contributed by atoms with Crippen molar-refractivity contribution in [3.05, 3.63) is 79.7 Å². The lowest BCUT2D eigenvalue weighted by Crippen LogP contribution is -1.62. The molecule has 0 fully saturated rings. The molecule has 0 bridgehead atoms. The van der Waals surface area contributed by atoms with Crippen molar-refractivity contribution in [3.63, 3.8) is 0 Å². The number of hydrogen-bond acceptors (Lipinski definition) is 2. The van der Waals surface area contributed by atoms with Gasteiger partial charge in [-0.2, -0.15) is 0 Å². The highest BCUT2D eigenvalue weighted by Gasteiger charge is 1.87. The lowest BCUT2D eigenvalue weighted by Gasteiger charge is -1.82. The average molecular weight is 467 g/mol. The van der Waals surface area contributed by atoms with Crippen LogP contribution in [-0.4, -0.2) is 0 Å². The minimum Gasteiger partial charge on any atom is -0.149 e. The Morgan fingerprint density at radius 1 is 0.419 bits per heavy atom. The van der Waals surface area contributed by atoms with Crippen molar-refractivity contribution in [2.24, 2.45) is 0 Å². The molecule has 2 heteroatoms. The van der Waals surface area contributed by atoms with E-state index in [4.69, 9.17) is 0 Å². The van der Waals surface area contributed by atoms with Gasteiger partial charge in [0.25, 0.3) is 0 Å². The molecule has 31 heavy (non-hydrogen) atoms. The topological polar surface area (TPSA) is 0 Å². The highest BCUT2D eigenvalue weighted by atomic mass is 32.1. The molecule has 0 saturated heterocycles. The lowest BCUT2D eigenvalue weighted by molar-refractivity contribution is 1.44. The summed E-state index contributed by atoms with van der Waals surface area (Å²) in [6, 6.07) is 14.5. The molecule has 0 aliphatic rings. The van der Waals surface area contributed by atoms with Crippen LogP contribution in [0.1, 0.15) is 95.7 Å². The summed E-state index contributed by atoms with van der Waals surface area (Å²) in [6.45, 7) is 30.6. The van der Waals surface area contributed by atoms with Crippen molar-refractivity contribution in [2.75, 3.05) is 0 Å². The number of aryl methyl sites for hydroxylation is 5. The molecule has 0 saturated carbocycles. The zero-order valence-electron chi connectivity index (χ0n) is 23.5. The monoisotopic (exact) mass is 466 g/mol. The smallest absolute Gasteiger partial charge is 0.00433 e. The van der Waals surface area contributed by atoms with Gasteiger partial charge in [0.2, 0.25) is 0 Å². The molecule has 0 spiro atoms. The fourth-order valence-corrected chi connectivity index (χ4v) is 2.89. The van der Waals surface area contributed by atoms with Gasteiger partial charge in [-0.3, -0.25) is 0 Å². The van der Waals surface area contributed by atoms with Crippen molar-refractivity contribution in [1.29, 1.82) is 0 Å². The van der Waals surface area contributed by atoms with E-state index >= 15 is 0 Å². The molecule has 0 radical (unpaired) electrons. The van der Waals surface area contributed by atoms with E-state index in [-0.39, 0.29) is 0 Å². The molecule has 0 amide bonds. The summed E-state index contributed by atoms with van der Waals surface area (Å²) < 4.78 is 0. The van der Waals surface area contributed by atoms with Crippen molar-refractivity contribution in [1.82, 2.24) is 0 Å². The SMILES string of the molecule is CC.CC.CC.CC.CC.Cc1ccccc1.Cc1ccsc1C.Cc1ccsc1C. The summed E-state index contributed by atoms with van der Waals surface area (Å²) in [6.07, 6.45) is 0. The molecular weight excluding hydrogens is 412 g/mol. The van der Waals surface area contributed by atoms with Gasteiger partial charge in [-0.05, 0) is 68.6 Å². The highest BCUT2D eigenvalue weighted by Crippen LogP contribution is 2.12. The van der Waals surface area contributed by atoms with Crippen LogP contribution in [0.4, 0.5) is 0 Å². The molecule has 182 valence electrons. The van der Waals surface area contributed by atoms with Gasteiger partial charge in [-0.15, -0.1) is 22.7 Å². The highest BCUT2D eigenvalue weighted by molar-refractivity contribution is 7.10. The van der Waals surface area contributed by atoms with Crippen LogP contribution >= 0.6 is 22.7 Å². The maximum atomic E-state index is 2.14. The molecule has 2 aromatic heterocycles. The Morgan fingerprint density at radius 2 is 0.710 bits per heavy atom. The largest absolute Gasteiger partial charge is 0.149 e. The molecule has 2 heterocycles. The third-order valence-electron chi connectivity index (χ3n) is 3.18. The number of rotatable bonds is 0. The Bertz CT molecular complexity index is 548. The third kappa shape index (κ3) is 28.6. The van der Waals surface area contributed by atoms with Crippen molar-refractivity contribution in [2.45, 2.75) is 104 Å². The van der Waals surface area contributed by atoms with E-state index in [1.165, 1.54) is 26.4 Å². The van der Waals surface area contributed by atoms with Crippen LogP contribution in [0.2, 0.25) is 0 Å². The molecule has 0 nitrogen and oxygen atoms in total. The Balaban J connectivity index is -0.0000000908. The van der Waals surface area contributed by atoms with Crippen molar-refractivity contribution < 1.29 is 0 Å². The van der Waals surface area contributed by atoms with Crippen molar-refractivity contribution in [3.8, 4) is 0 Å². The molecule has 0 atom stereocenters. The summed E-state index contributed by atoms with van der Waals surface area (Å²) >= 11 is 3.61. The van der Waals surface area contributed by atoms with Gasteiger partial charge in [-0.1, -0.05) is 105 Å². The fourth-order valence-electron chi connectivity index (χ4n) is 1.43. The Labute approximate surface area is 205 Å². The Morgan fingerprint density at radius 3 is 0.806 bits per heavy atom. The first-order chi connectivity index (χ1) is 15.0. The normalized spacial score (nSPS) is 7.19. The minimum absolute atomic E-state index is 1.32. The van der Waals surface area contributed by atoms with Crippen LogP contribution in [0.5, 0.6) is 0 Å². The summed E-state index contributed by atoms with van der Waals surface area (Å²) in [5, 5.41) is 4.23. The Hall–Kier alpha value is -1.38. The second kappa shape index (κ2) is 36.0. The Kier molecular flexibility index (Phi) is 46.5. The van der Waals surface area contributed by atoms with E-state index in [9.17, 15) is 0 Å². The van der Waals surface area contributed by atoms with E-state index in [2.05, 4.69) is 69.6 Å². The van der Waals surface area contributed by atoms with Crippen LogP contribution in [0, 0.1) is 34.6 Å². The van der Waals surface area contributed by atoms with Gasteiger partial charge in [-0.25, -0.2) is 0 Å². The molecule has 3 rings (SSSR count). The zero-order valence-corrected chi connectivity index (χ0v) is 25.1. The molecule has 3 aromatic rings. The van der Waals surface area contributed by atoms with E-state index in [1.54, 1.807) is 22.7 Å². The minimum atomic E-state index is 1.32. The van der Waals surface area contributed by atoms with Gasteiger partial charge in [0.15, 0.2) is 0 Å². The second-order valence-electron chi connectivity index (χ2n) is 4.97. The van der Waals surface area contributed by atoms with Crippen LogP contribution < -0.4 is 0 Å². The molecular formula is C29H54S2. The number of thiophene rings is 2. The maximum absolute atomic E-state index is 2.14. The summed E-state index contributed by atoms with van der Waals surface area (Å²) in [7, 11) is 0. The van der Waals surface area contributed by atoms with E-state index in [1.807, 2.05) is 87.4 Å². The molecule has 0 unspecified atom stereocenters. The second-order valence-corrected chi connectivity index (χ2v) is 7.21. The first-order valence-corrected chi connectivity index (χ1v) is 13.8. The van der Waals surface area contributed by atoms with Gasteiger partial charge in [0, 0.05) is 9.75 Å². The summed E-state index contributed by atoms with van der Waals surface area (Å²) in [4.78, 5) is 2.86. The van der Waals surface area contributed by atoms with Gasteiger partial charge in [0.05, 0.1) is 0 Å². The number of hydrogen-bond donors (Lipinski definition) is 0.